The van der Waals surface area contributed by atoms with Gasteiger partial charge in [0, 0.05) is 28.4 Å². The molecule has 1 fully saturated rings. The van der Waals surface area contributed by atoms with Gasteiger partial charge in [0.05, 0.1) is 11.1 Å². The molecule has 0 spiro atoms. The SMILES string of the molecule is Cc1c(F)cc(C(C=NC2C(O)[C@@H](Sc3cnc(C#N)c(Br)c3)OC(CO)[C@@H]2O)=NN)cc1F. The first-order valence-corrected chi connectivity index (χ1v) is 11.5. The van der Waals surface area contributed by atoms with Crippen LogP contribution in [0.4, 0.5) is 8.78 Å². The standard InChI is InChI=1S/C21H20BrF2N5O4S/c1-9-13(23)2-10(3-14(9)24)16(29-26)7-28-18-19(31)17(8-30)33-21(20(18)32)34-11-4-12(22)15(5-25)27-6-11/h2-4,6-7,17-21,30-32H,8,26H2,1H3/t17?,18?,19-,20?,21+/m0/s1. The van der Waals surface area contributed by atoms with Crippen LogP contribution in [-0.4, -0.2) is 68.6 Å². The van der Waals surface area contributed by atoms with Crippen molar-refractivity contribution in [2.24, 2.45) is 15.9 Å². The Kier molecular flexibility index (Phi) is 8.69. The molecule has 13 heteroatoms. The second kappa shape index (κ2) is 11.3. The van der Waals surface area contributed by atoms with Gasteiger partial charge in [-0.2, -0.15) is 10.4 Å². The fourth-order valence-corrected chi connectivity index (χ4v) is 4.83. The van der Waals surface area contributed by atoms with Gasteiger partial charge >= 0.3 is 0 Å². The van der Waals surface area contributed by atoms with Gasteiger partial charge in [0.2, 0.25) is 0 Å². The third kappa shape index (κ3) is 5.60. The number of thioether (sulfide) groups is 1. The zero-order chi connectivity index (χ0) is 25.0. The Bertz CT molecular complexity index is 1140. The summed E-state index contributed by atoms with van der Waals surface area (Å²) in [5.74, 6) is 3.78. The summed E-state index contributed by atoms with van der Waals surface area (Å²) in [6, 6.07) is 4.43. The predicted octanol–water partition coefficient (Wildman–Crippen LogP) is 1.64. The fraction of sp³-hybridized carbons (Fsp3) is 0.333. The lowest BCUT2D eigenvalue weighted by Gasteiger charge is -2.40. The molecule has 3 rings (SSSR count). The van der Waals surface area contributed by atoms with Crippen molar-refractivity contribution in [3.05, 3.63) is 57.3 Å². The van der Waals surface area contributed by atoms with Crippen LogP contribution in [0.15, 0.2) is 43.9 Å². The zero-order valence-corrected chi connectivity index (χ0v) is 20.0. The van der Waals surface area contributed by atoms with Crippen molar-refractivity contribution in [2.75, 3.05) is 6.61 Å². The Morgan fingerprint density at radius 2 is 2.00 bits per heavy atom. The molecule has 34 heavy (non-hydrogen) atoms. The van der Waals surface area contributed by atoms with E-state index in [2.05, 4.69) is 31.0 Å². The third-order valence-electron chi connectivity index (χ3n) is 5.11. The molecule has 0 radical (unpaired) electrons. The molecule has 1 aliphatic rings. The Balaban J connectivity index is 1.86. The summed E-state index contributed by atoms with van der Waals surface area (Å²) >= 11 is 4.28. The van der Waals surface area contributed by atoms with Crippen molar-refractivity contribution >= 4 is 39.6 Å². The second-order valence-electron chi connectivity index (χ2n) is 7.29. The number of hydrogen-bond donors (Lipinski definition) is 4. The van der Waals surface area contributed by atoms with Crippen LogP contribution in [0.3, 0.4) is 0 Å². The van der Waals surface area contributed by atoms with Crippen molar-refractivity contribution in [3.63, 3.8) is 0 Å². The van der Waals surface area contributed by atoms with E-state index in [1.165, 1.54) is 13.1 Å². The molecular formula is C21H20BrF2N5O4S. The average molecular weight is 556 g/mol. The number of pyridine rings is 1. The minimum atomic E-state index is -1.40. The first kappa shape index (κ1) is 26.1. The molecule has 2 heterocycles. The summed E-state index contributed by atoms with van der Waals surface area (Å²) in [7, 11) is 0. The van der Waals surface area contributed by atoms with Crippen LogP contribution in [0.2, 0.25) is 0 Å². The van der Waals surface area contributed by atoms with Crippen LogP contribution in [-0.2, 0) is 4.74 Å². The van der Waals surface area contributed by atoms with Crippen molar-refractivity contribution in [1.29, 1.82) is 5.26 Å². The molecule has 5 N–H and O–H groups in total. The Hall–Kier alpha value is -2.47. The largest absolute Gasteiger partial charge is 0.394 e. The summed E-state index contributed by atoms with van der Waals surface area (Å²) in [5, 5.41) is 43.6. The summed E-state index contributed by atoms with van der Waals surface area (Å²) in [4.78, 5) is 8.70. The molecule has 1 aliphatic heterocycles. The van der Waals surface area contributed by atoms with Crippen LogP contribution < -0.4 is 5.84 Å². The van der Waals surface area contributed by atoms with Crippen molar-refractivity contribution in [1.82, 2.24) is 4.98 Å². The van der Waals surface area contributed by atoms with E-state index in [1.54, 1.807) is 6.07 Å². The molecule has 5 atom stereocenters. The van der Waals surface area contributed by atoms with E-state index in [0.29, 0.717) is 9.37 Å². The van der Waals surface area contributed by atoms with Crippen molar-refractivity contribution in [2.45, 2.75) is 41.6 Å². The summed E-state index contributed by atoms with van der Waals surface area (Å²) < 4.78 is 34.0. The Morgan fingerprint density at radius 3 is 2.56 bits per heavy atom. The lowest BCUT2D eigenvalue weighted by atomic mass is 9.97. The molecule has 0 saturated carbocycles. The molecule has 2 aromatic rings. The van der Waals surface area contributed by atoms with E-state index in [4.69, 9.17) is 15.8 Å². The number of benzene rings is 1. The lowest BCUT2D eigenvalue weighted by Crippen LogP contribution is -2.56. The molecule has 0 aliphatic carbocycles. The number of halogens is 3. The number of nitriles is 1. The van der Waals surface area contributed by atoms with Gasteiger partial charge in [-0.3, -0.25) is 4.99 Å². The number of rotatable bonds is 6. The molecule has 3 unspecified atom stereocenters. The van der Waals surface area contributed by atoms with E-state index in [1.807, 2.05) is 6.07 Å². The smallest absolute Gasteiger partial charge is 0.154 e. The number of aliphatic hydroxyl groups excluding tert-OH is 3. The average Bonchev–Trinajstić information content (AvgIpc) is 2.81. The number of nitrogens with two attached hydrogens (primary N) is 1. The van der Waals surface area contributed by atoms with E-state index in [-0.39, 0.29) is 22.5 Å². The second-order valence-corrected chi connectivity index (χ2v) is 9.31. The number of nitrogens with zero attached hydrogens (tertiary/aromatic N) is 4. The van der Waals surface area contributed by atoms with E-state index < -0.39 is 48.0 Å². The minimum absolute atomic E-state index is 0.0148. The first-order valence-electron chi connectivity index (χ1n) is 9.82. The number of hydrogen-bond acceptors (Lipinski definition) is 10. The van der Waals surface area contributed by atoms with Crippen molar-refractivity contribution < 1.29 is 28.8 Å². The maximum absolute atomic E-state index is 14.0. The maximum Gasteiger partial charge on any atom is 0.154 e. The highest BCUT2D eigenvalue weighted by molar-refractivity contribution is 9.10. The molecular weight excluding hydrogens is 536 g/mol. The predicted molar refractivity (Wildman–Crippen MR) is 124 cm³/mol. The highest BCUT2D eigenvalue weighted by Gasteiger charge is 2.44. The van der Waals surface area contributed by atoms with Crippen LogP contribution in [0.5, 0.6) is 0 Å². The van der Waals surface area contributed by atoms with Crippen LogP contribution in [0.25, 0.3) is 0 Å². The first-order chi connectivity index (χ1) is 16.2. The number of aliphatic imine (C=N–C) groups is 1. The van der Waals surface area contributed by atoms with Gasteiger partial charge < -0.3 is 25.9 Å². The molecule has 1 saturated heterocycles. The Morgan fingerprint density at radius 1 is 1.32 bits per heavy atom. The van der Waals surface area contributed by atoms with E-state index in [0.717, 1.165) is 30.1 Å². The number of aromatic nitrogens is 1. The molecule has 9 nitrogen and oxygen atoms in total. The molecule has 180 valence electrons. The van der Waals surface area contributed by atoms with Gasteiger partial charge in [-0.25, -0.2) is 13.8 Å². The van der Waals surface area contributed by atoms with Gasteiger partial charge in [-0.05, 0) is 41.1 Å². The summed E-state index contributed by atoms with van der Waals surface area (Å²) in [6.07, 6.45) is -1.34. The molecule has 1 aromatic heterocycles. The summed E-state index contributed by atoms with van der Waals surface area (Å²) in [6.45, 7) is 0.726. The number of ether oxygens (including phenoxy) is 1. The summed E-state index contributed by atoms with van der Waals surface area (Å²) in [5.41, 5.74) is -1.04. The number of aliphatic hydroxyl groups is 3. The van der Waals surface area contributed by atoms with Gasteiger partial charge in [-0.1, -0.05) is 11.8 Å². The minimum Gasteiger partial charge on any atom is -0.394 e. The molecule has 0 bridgehead atoms. The van der Waals surface area contributed by atoms with Crippen molar-refractivity contribution in [3.8, 4) is 6.07 Å². The van der Waals surface area contributed by atoms with Gasteiger partial charge in [0.15, 0.2) is 5.69 Å². The third-order valence-corrected chi connectivity index (χ3v) is 6.83. The monoisotopic (exact) mass is 555 g/mol. The lowest BCUT2D eigenvalue weighted by molar-refractivity contribution is -0.159. The van der Waals surface area contributed by atoms with Gasteiger partial charge in [0.1, 0.15) is 53.2 Å². The van der Waals surface area contributed by atoms with E-state index in [9.17, 15) is 24.1 Å². The van der Waals surface area contributed by atoms with Gasteiger partial charge in [-0.15, -0.1) is 0 Å². The highest BCUT2D eigenvalue weighted by Crippen LogP contribution is 2.35. The highest BCUT2D eigenvalue weighted by atomic mass is 79.9. The fourth-order valence-electron chi connectivity index (χ4n) is 3.17. The van der Waals surface area contributed by atoms with Crippen LogP contribution in [0.1, 0.15) is 16.8 Å². The maximum atomic E-state index is 14.0. The Labute approximate surface area is 206 Å². The normalized spacial score (nSPS) is 25.5. The zero-order valence-electron chi connectivity index (χ0n) is 17.6. The number of hydrazone groups is 1. The quantitative estimate of drug-likeness (QED) is 0.238. The topological polar surface area (TPSA) is 157 Å². The molecule has 0 amide bonds. The van der Waals surface area contributed by atoms with Crippen LogP contribution in [0, 0.1) is 29.9 Å². The van der Waals surface area contributed by atoms with E-state index >= 15 is 0 Å². The molecule has 1 aromatic carbocycles. The van der Waals surface area contributed by atoms with Gasteiger partial charge in [0.25, 0.3) is 0 Å². The van der Waals surface area contributed by atoms with Crippen LogP contribution >= 0.6 is 27.7 Å².